The molecule has 7 nitrogen and oxygen atoms in total. The van der Waals surface area contributed by atoms with Gasteiger partial charge in [-0.25, -0.2) is 0 Å². The van der Waals surface area contributed by atoms with Gasteiger partial charge in [0.1, 0.15) is 0 Å². The lowest BCUT2D eigenvalue weighted by Gasteiger charge is -2.41. The third kappa shape index (κ3) is 6.29. The second-order valence-electron chi connectivity index (χ2n) is 13.0. The quantitative estimate of drug-likeness (QED) is 0.404. The lowest BCUT2D eigenvalue weighted by molar-refractivity contribution is -0.0987. The molecule has 0 N–H and O–H groups in total. The fraction of sp³-hybridized carbons (Fsp3) is 0.697. The van der Waals surface area contributed by atoms with Gasteiger partial charge in [-0.2, -0.15) is 0 Å². The van der Waals surface area contributed by atoms with E-state index >= 15 is 0 Å². The van der Waals surface area contributed by atoms with E-state index in [9.17, 15) is 0 Å². The van der Waals surface area contributed by atoms with Crippen molar-refractivity contribution >= 4 is 0 Å². The maximum absolute atomic E-state index is 6.73. The highest BCUT2D eigenvalue weighted by atomic mass is 16.6. The molecular formula is C33H48N4O3. The van der Waals surface area contributed by atoms with Crippen LogP contribution in [-0.4, -0.2) is 84.6 Å². The molecular weight excluding hydrogens is 500 g/mol. The number of hydrogen-bond donors (Lipinski definition) is 0. The van der Waals surface area contributed by atoms with Gasteiger partial charge in [-0.1, -0.05) is 39.8 Å². The van der Waals surface area contributed by atoms with Crippen molar-refractivity contribution in [1.82, 2.24) is 19.8 Å². The van der Waals surface area contributed by atoms with Crippen LogP contribution in [0.1, 0.15) is 105 Å². The summed E-state index contributed by atoms with van der Waals surface area (Å²) in [6, 6.07) is 9.06. The second-order valence-corrected chi connectivity index (χ2v) is 13.0. The zero-order valence-electron chi connectivity index (χ0n) is 25.0. The van der Waals surface area contributed by atoms with Gasteiger partial charge in [0, 0.05) is 56.0 Å². The maximum atomic E-state index is 6.73. The van der Waals surface area contributed by atoms with Crippen LogP contribution >= 0.6 is 0 Å². The van der Waals surface area contributed by atoms with Crippen molar-refractivity contribution < 1.29 is 14.2 Å². The van der Waals surface area contributed by atoms with Crippen molar-refractivity contribution in [3.8, 4) is 0 Å². The number of rotatable bonds is 10. The van der Waals surface area contributed by atoms with E-state index in [0.29, 0.717) is 24.4 Å². The Balaban J connectivity index is 1.10. The van der Waals surface area contributed by atoms with Gasteiger partial charge in [-0.3, -0.25) is 19.8 Å². The van der Waals surface area contributed by atoms with Gasteiger partial charge < -0.3 is 14.2 Å². The number of aromatic nitrogens is 2. The van der Waals surface area contributed by atoms with E-state index in [-0.39, 0.29) is 18.1 Å². The molecule has 40 heavy (non-hydrogen) atoms. The molecule has 4 aliphatic rings. The van der Waals surface area contributed by atoms with E-state index in [0.717, 1.165) is 52.4 Å². The largest absolute Gasteiger partial charge is 0.381 e. The van der Waals surface area contributed by atoms with E-state index in [1.54, 1.807) is 0 Å². The van der Waals surface area contributed by atoms with Crippen LogP contribution in [0.25, 0.3) is 0 Å². The van der Waals surface area contributed by atoms with Gasteiger partial charge in [-0.05, 0) is 67.4 Å². The van der Waals surface area contributed by atoms with Gasteiger partial charge in [0.15, 0.2) is 0 Å². The molecule has 0 bridgehead atoms. The Bertz CT molecular complexity index is 1140. The van der Waals surface area contributed by atoms with Crippen molar-refractivity contribution in [2.24, 2.45) is 0 Å². The Labute approximate surface area is 240 Å². The third-order valence-corrected chi connectivity index (χ3v) is 9.28. The molecule has 0 amide bonds. The van der Waals surface area contributed by atoms with Crippen LogP contribution < -0.4 is 0 Å². The third-order valence-electron chi connectivity index (χ3n) is 9.28. The molecule has 0 spiro atoms. The Morgan fingerprint density at radius 2 is 1.45 bits per heavy atom. The summed E-state index contributed by atoms with van der Waals surface area (Å²) in [5, 5.41) is 0. The van der Waals surface area contributed by atoms with Crippen LogP contribution in [0.2, 0.25) is 0 Å². The van der Waals surface area contributed by atoms with Crippen LogP contribution in [0.3, 0.4) is 0 Å². The zero-order valence-corrected chi connectivity index (χ0v) is 25.0. The van der Waals surface area contributed by atoms with Crippen LogP contribution in [0, 0.1) is 0 Å². The summed E-state index contributed by atoms with van der Waals surface area (Å²) in [5.41, 5.74) is 7.52. The second kappa shape index (κ2) is 12.5. The molecule has 0 aliphatic carbocycles. The predicted molar refractivity (Wildman–Crippen MR) is 157 cm³/mol. The Morgan fingerprint density at radius 1 is 0.800 bits per heavy atom. The van der Waals surface area contributed by atoms with Gasteiger partial charge in [0.05, 0.1) is 43.4 Å². The van der Waals surface area contributed by atoms with Crippen molar-refractivity contribution in [3.63, 3.8) is 0 Å². The minimum Gasteiger partial charge on any atom is -0.381 e. The highest BCUT2D eigenvalue weighted by Gasteiger charge is 2.38. The summed E-state index contributed by atoms with van der Waals surface area (Å²) in [4.78, 5) is 15.3. The zero-order chi connectivity index (χ0) is 27.6. The van der Waals surface area contributed by atoms with E-state index in [2.05, 4.69) is 61.8 Å². The summed E-state index contributed by atoms with van der Waals surface area (Å²) in [6.45, 7) is 18.0. The molecule has 2 aromatic heterocycles. The Morgan fingerprint density at radius 3 is 2.10 bits per heavy atom. The van der Waals surface area contributed by atoms with Crippen LogP contribution in [-0.2, 0) is 27.3 Å². The molecule has 7 heteroatoms. The van der Waals surface area contributed by atoms with Crippen molar-refractivity contribution in [3.05, 3.63) is 58.2 Å². The SMILES string of the molecule is CC(C)c1ccc([C@@H]2CCOC2)c(CN2CC(OC3COC[C@H]3c3ccc(C(C)C)nc3CN3CCCC3)C2)n1. The number of pyridine rings is 2. The molecule has 0 saturated carbocycles. The maximum Gasteiger partial charge on any atom is 0.0904 e. The van der Waals surface area contributed by atoms with Crippen LogP contribution in [0.4, 0.5) is 0 Å². The molecule has 1 unspecified atom stereocenters. The molecule has 0 aromatic carbocycles. The summed E-state index contributed by atoms with van der Waals surface area (Å²) in [7, 11) is 0. The average Bonchev–Trinajstić information content (AvgIpc) is 3.71. The number of likely N-dealkylation sites (tertiary alicyclic amines) is 2. The molecule has 4 saturated heterocycles. The Hall–Kier alpha value is -1.90. The number of nitrogens with zero attached hydrogens (tertiary/aromatic N) is 4. The summed E-state index contributed by atoms with van der Waals surface area (Å²) >= 11 is 0. The monoisotopic (exact) mass is 548 g/mol. The van der Waals surface area contributed by atoms with Crippen LogP contribution in [0.5, 0.6) is 0 Å². The first-order valence-corrected chi connectivity index (χ1v) is 15.7. The summed E-state index contributed by atoms with van der Waals surface area (Å²) in [6.07, 6.45) is 4.01. The molecule has 4 aliphatic heterocycles. The summed E-state index contributed by atoms with van der Waals surface area (Å²) < 4.78 is 18.5. The first kappa shape index (κ1) is 28.2. The highest BCUT2D eigenvalue weighted by Crippen LogP contribution is 2.35. The van der Waals surface area contributed by atoms with Crippen molar-refractivity contribution in [2.75, 3.05) is 52.6 Å². The number of hydrogen-bond acceptors (Lipinski definition) is 7. The first-order chi connectivity index (χ1) is 19.4. The normalized spacial score (nSPS) is 26.4. The fourth-order valence-electron chi connectivity index (χ4n) is 6.75. The standard InChI is InChI=1S/C33H48N4O3/c1-22(2)29-9-7-26(24-11-14-38-19-24)31(34-29)18-37-15-25(16-37)40-33-21-39-20-28(33)27-8-10-30(23(3)4)35-32(27)17-36-12-5-6-13-36/h7-10,22-25,28,33H,5-6,11-21H2,1-4H3/t24-,28+,33?/m1/s1. The Kier molecular flexibility index (Phi) is 8.85. The van der Waals surface area contributed by atoms with Crippen molar-refractivity contribution in [2.45, 2.75) is 95.9 Å². The van der Waals surface area contributed by atoms with E-state index in [1.807, 2.05) is 0 Å². The fourth-order valence-corrected chi connectivity index (χ4v) is 6.75. The minimum atomic E-state index is 0.0878. The van der Waals surface area contributed by atoms with E-state index in [1.165, 1.54) is 59.8 Å². The molecule has 0 radical (unpaired) electrons. The summed E-state index contributed by atoms with van der Waals surface area (Å²) in [5.74, 6) is 1.58. The van der Waals surface area contributed by atoms with Gasteiger partial charge >= 0.3 is 0 Å². The molecule has 3 atom stereocenters. The minimum absolute atomic E-state index is 0.0878. The molecule has 4 fully saturated rings. The van der Waals surface area contributed by atoms with Gasteiger partial charge in [-0.15, -0.1) is 0 Å². The molecule has 6 heterocycles. The lowest BCUT2D eigenvalue weighted by atomic mass is 9.92. The molecule has 2 aromatic rings. The number of ether oxygens (including phenoxy) is 3. The van der Waals surface area contributed by atoms with Gasteiger partial charge in [0.2, 0.25) is 0 Å². The van der Waals surface area contributed by atoms with Crippen LogP contribution in [0.15, 0.2) is 24.3 Å². The van der Waals surface area contributed by atoms with Gasteiger partial charge in [0.25, 0.3) is 0 Å². The average molecular weight is 549 g/mol. The predicted octanol–water partition coefficient (Wildman–Crippen LogP) is 5.21. The topological polar surface area (TPSA) is 60.0 Å². The first-order valence-electron chi connectivity index (χ1n) is 15.7. The molecule has 218 valence electrons. The highest BCUT2D eigenvalue weighted by molar-refractivity contribution is 5.31. The van der Waals surface area contributed by atoms with Crippen molar-refractivity contribution in [1.29, 1.82) is 0 Å². The van der Waals surface area contributed by atoms with E-state index < -0.39 is 0 Å². The molecule has 6 rings (SSSR count). The smallest absolute Gasteiger partial charge is 0.0904 e. The van der Waals surface area contributed by atoms with E-state index in [4.69, 9.17) is 24.2 Å². The lowest BCUT2D eigenvalue weighted by Crippen LogP contribution is -2.53.